The molecule has 0 bridgehead atoms. The molecule has 3 radical (unpaired) electrons. The Morgan fingerprint density at radius 2 is 0.667 bits per heavy atom. The SMILES string of the molecule is CC(C)n1c(-c2[c-]ccc3c2oc2ccccc23)nc2ccccc21.CCn1c(-c2[c-]ccc3c2oc2ccccc23)nc2ccccc21.[2H]C([2H])([2H])c1c[c-]c(-c2cc(C)c([Si](C)(C)C)cn2)cc1.[2H]C([2H])([2H])c1c[c-]c(-c2cc(C)c([Si](C)(C)C)cn2)cc1.[2H]C([2H])([2H])c1c[c-]c(-c2cc(C)c([Si](C)(C)C)cn2)cc1.[Ir].[Ir].[Ir].[c-]1ccc2c(oc3ccccc32)c1-c1nc2ccccc2n1Cc1ccccc1. The number of fused-ring (bicyclic) bond motifs is 12. The topological polar surface area (TPSA) is 132 Å². The molecule has 0 fully saturated rings. The van der Waals surface area contributed by atoms with Gasteiger partial charge in [0, 0.05) is 127 Å². The molecular formula is C117H109Ir3N9O3Si3-6. The fraction of sp³-hybridized carbons (Fsp3) is 0.179. The van der Waals surface area contributed by atoms with Crippen LogP contribution >= 0.6 is 0 Å². The molecule has 9 aromatic heterocycles. The Hall–Kier alpha value is -12.3. The summed E-state index contributed by atoms with van der Waals surface area (Å²) in [6.45, 7) is 28.8. The van der Waals surface area contributed by atoms with Gasteiger partial charge in [-0.1, -0.05) is 269 Å². The summed E-state index contributed by atoms with van der Waals surface area (Å²) in [5, 5.41) is 10.7. The molecule has 0 amide bonds. The van der Waals surface area contributed by atoms with E-state index in [4.69, 9.17) is 40.5 Å². The molecule has 18 heteroatoms. The zero-order valence-electron chi connectivity index (χ0n) is 87.1. The average molecular weight is 2360 g/mol. The first-order valence-electron chi connectivity index (χ1n) is 49.1. The number of imidazole rings is 3. The number of aromatic nitrogens is 9. The summed E-state index contributed by atoms with van der Waals surface area (Å²) in [5.41, 5.74) is 25.1. The second-order valence-electron chi connectivity index (χ2n) is 36.5. The van der Waals surface area contributed by atoms with E-state index >= 15 is 0 Å². The Bertz CT molecular complexity index is 8020. The first kappa shape index (κ1) is 86.8. The summed E-state index contributed by atoms with van der Waals surface area (Å²) in [5.74, 6) is 2.68. The van der Waals surface area contributed by atoms with E-state index in [1.807, 2.05) is 128 Å². The number of hydrogen-bond donors (Lipinski definition) is 0. The van der Waals surface area contributed by atoms with Gasteiger partial charge in [-0.15, -0.1) is 161 Å². The first-order valence-corrected chi connectivity index (χ1v) is 55.1. The number of hydrogen-bond acceptors (Lipinski definition) is 9. The van der Waals surface area contributed by atoms with Gasteiger partial charge in [-0.2, -0.15) is 0 Å². The van der Waals surface area contributed by atoms with Crippen molar-refractivity contribution in [2.45, 2.75) is 140 Å². The van der Waals surface area contributed by atoms with E-state index < -0.39 is 44.8 Å². The van der Waals surface area contributed by atoms with Crippen LogP contribution < -0.4 is 15.6 Å². The molecule has 0 saturated carbocycles. The second kappa shape index (κ2) is 42.3. The third-order valence-electron chi connectivity index (χ3n) is 23.6. The fourth-order valence-corrected chi connectivity index (χ4v) is 22.4. The van der Waals surface area contributed by atoms with Crippen LogP contribution in [-0.4, -0.2) is 67.8 Å². The maximum absolute atomic E-state index is 7.38. The summed E-state index contributed by atoms with van der Waals surface area (Å²) in [6.07, 6.45) is 5.88. The zero-order chi connectivity index (χ0) is 99.8. The van der Waals surface area contributed by atoms with Crippen LogP contribution in [0, 0.1) is 77.7 Å². The number of rotatable bonds is 13. The van der Waals surface area contributed by atoms with Gasteiger partial charge in [-0.25, -0.2) is 0 Å². The molecule has 0 spiro atoms. The van der Waals surface area contributed by atoms with Crippen molar-refractivity contribution in [3.63, 3.8) is 0 Å². The van der Waals surface area contributed by atoms with E-state index in [0.717, 1.165) is 180 Å². The van der Waals surface area contributed by atoms with Crippen LogP contribution in [0.1, 0.15) is 78.1 Å². The Morgan fingerprint density at radius 3 is 1.01 bits per heavy atom. The van der Waals surface area contributed by atoms with E-state index in [9.17, 15) is 0 Å². The molecule has 0 saturated heterocycles. The summed E-state index contributed by atoms with van der Waals surface area (Å²) >= 11 is 0. The molecule has 0 N–H and O–H groups in total. The molecule has 13 aromatic carbocycles. The maximum atomic E-state index is 7.38. The summed E-state index contributed by atoms with van der Waals surface area (Å²) in [4.78, 5) is 28.3. The van der Waals surface area contributed by atoms with Gasteiger partial charge in [0.2, 0.25) is 0 Å². The van der Waals surface area contributed by atoms with Crippen LogP contribution in [0.25, 0.3) is 167 Å². The molecule has 9 heterocycles. The van der Waals surface area contributed by atoms with Gasteiger partial charge in [0.25, 0.3) is 0 Å². The summed E-state index contributed by atoms with van der Waals surface area (Å²) < 4.78 is 91.7. The second-order valence-corrected chi connectivity index (χ2v) is 51.6. The van der Waals surface area contributed by atoms with Crippen molar-refractivity contribution in [2.24, 2.45) is 0 Å². The molecule has 22 aromatic rings. The molecule has 0 unspecified atom stereocenters. The predicted molar refractivity (Wildman–Crippen MR) is 558 cm³/mol. The van der Waals surface area contributed by atoms with Crippen molar-refractivity contribution in [2.75, 3.05) is 0 Å². The summed E-state index contributed by atoms with van der Waals surface area (Å²) in [7, 11) is -4.15. The molecule has 135 heavy (non-hydrogen) atoms. The minimum absolute atomic E-state index is 0. The average Bonchev–Trinajstić information content (AvgIpc) is 1.60. The van der Waals surface area contributed by atoms with Crippen LogP contribution in [0.3, 0.4) is 0 Å². The monoisotopic (exact) mass is 2360 g/mol. The van der Waals surface area contributed by atoms with Gasteiger partial charge in [0.15, 0.2) is 0 Å². The van der Waals surface area contributed by atoms with Crippen LogP contribution in [-0.2, 0) is 73.4 Å². The van der Waals surface area contributed by atoms with Gasteiger partial charge in [-0.05, 0) is 134 Å². The minimum Gasteiger partial charge on any atom is -0.501 e. The molecule has 0 aliphatic rings. The van der Waals surface area contributed by atoms with Crippen LogP contribution in [0.5, 0.6) is 0 Å². The third kappa shape index (κ3) is 21.5. The van der Waals surface area contributed by atoms with Crippen LogP contribution in [0.2, 0.25) is 58.9 Å². The van der Waals surface area contributed by atoms with Crippen molar-refractivity contribution >= 4 is 139 Å². The molecule has 0 atom stereocenters. The molecule has 12 nitrogen and oxygen atoms in total. The first-order chi connectivity index (χ1) is 67.2. The number of para-hydroxylation sites is 9. The number of aryl methyl sites for hydroxylation is 7. The Kier molecular flexibility index (Phi) is 27.2. The van der Waals surface area contributed by atoms with Crippen LogP contribution in [0.15, 0.2) is 317 Å². The third-order valence-corrected chi connectivity index (χ3v) is 30.0. The molecule has 685 valence electrons. The van der Waals surface area contributed by atoms with Crippen molar-refractivity contribution in [3.8, 4) is 67.9 Å². The number of nitrogens with zero attached hydrogens (tertiary/aromatic N) is 9. The predicted octanol–water partition coefficient (Wildman–Crippen LogP) is 29.0. The standard InChI is InChI=1S/C26H17N2O.C22H17N2O.C21H15N2O.3C16H20NSi.3Ir/c1-2-9-18(10-3-1)17-28-23-15-6-5-14-22(23)27-26(28)21-13-8-12-20-19-11-4-7-16-24(19)29-25(20)21;1-14(2)24-19-12-5-4-11-18(19)23-22(24)17-10-7-9-16-15-8-3-6-13-20(15)25-21(16)17;1-2-23-18-12-5-4-11-17(18)22-21(23)16-10-7-9-15-14-8-3-6-13-19(14)24-20(15)16;3*1-12-6-8-14(9-7-12)15-10-13(2)16(11-17-15)18(3,4)5;;;/h1-12,14-16H,17H2;3-9,11-14H,1-2H3;3-9,11-13H,2H2,1H3;3*6-8,10-11H,1-5H3;;;/q6*-1;;;/i;;;3*1D3;;;. The van der Waals surface area contributed by atoms with Crippen molar-refractivity contribution in [3.05, 3.63) is 379 Å². The van der Waals surface area contributed by atoms with Crippen molar-refractivity contribution in [1.82, 2.24) is 43.6 Å². The van der Waals surface area contributed by atoms with E-state index in [2.05, 4.69) is 287 Å². The molecule has 0 aliphatic heterocycles. The van der Waals surface area contributed by atoms with E-state index in [1.54, 1.807) is 36.4 Å². The Labute approximate surface area is 848 Å². The molecule has 22 rings (SSSR count). The summed E-state index contributed by atoms with van der Waals surface area (Å²) in [6, 6.07) is 112. The number of benzene rings is 13. The van der Waals surface area contributed by atoms with Gasteiger partial charge >= 0.3 is 0 Å². The number of pyridine rings is 3. The molecule has 0 aliphatic carbocycles. The Balaban J connectivity index is 0.000000137. The fourth-order valence-electron chi connectivity index (χ4n) is 17.3. The quantitative estimate of drug-likeness (QED) is 0.0817. The maximum Gasteiger partial charge on any atom is 0.120 e. The van der Waals surface area contributed by atoms with Gasteiger partial charge in [-0.3, -0.25) is 15.0 Å². The van der Waals surface area contributed by atoms with Crippen molar-refractivity contribution in [1.29, 1.82) is 0 Å². The largest absolute Gasteiger partial charge is 0.501 e. The van der Waals surface area contributed by atoms with E-state index in [1.165, 1.54) is 56.0 Å². The number of furan rings is 3. The molecular weight excluding hydrogens is 2240 g/mol. The van der Waals surface area contributed by atoms with E-state index in [0.29, 0.717) is 16.7 Å². The minimum atomic E-state index is -2.08. The van der Waals surface area contributed by atoms with Crippen molar-refractivity contribution < 1.29 is 85.9 Å². The Morgan fingerprint density at radius 1 is 0.348 bits per heavy atom. The van der Waals surface area contributed by atoms with Crippen LogP contribution in [0.4, 0.5) is 0 Å². The normalized spacial score (nSPS) is 12.7. The van der Waals surface area contributed by atoms with Gasteiger partial charge in [0.05, 0.1) is 91.5 Å². The zero-order valence-corrected chi connectivity index (χ0v) is 88.3. The van der Waals surface area contributed by atoms with Gasteiger partial charge < -0.3 is 41.9 Å². The smallest absolute Gasteiger partial charge is 0.120 e. The van der Waals surface area contributed by atoms with Gasteiger partial charge in [0.1, 0.15) is 16.7 Å². The van der Waals surface area contributed by atoms with E-state index in [-0.39, 0.29) is 66.4 Å².